The van der Waals surface area contributed by atoms with Crippen LogP contribution in [0.3, 0.4) is 0 Å². The van der Waals surface area contributed by atoms with E-state index >= 15 is 0 Å². The molecular weight excluding hydrogens is 432 g/mol. The molecule has 0 radical (unpaired) electrons. The summed E-state index contributed by atoms with van der Waals surface area (Å²) in [5, 5.41) is 12.3. The van der Waals surface area contributed by atoms with E-state index in [1.807, 2.05) is 44.2 Å². The lowest BCUT2D eigenvalue weighted by atomic mass is 9.93. The van der Waals surface area contributed by atoms with E-state index in [0.29, 0.717) is 17.1 Å². The van der Waals surface area contributed by atoms with Gasteiger partial charge in [0.25, 0.3) is 11.7 Å². The number of carbonyl (C=O) groups is 2. The Balaban J connectivity index is 1.73. The van der Waals surface area contributed by atoms with Crippen molar-refractivity contribution in [2.45, 2.75) is 26.4 Å². The van der Waals surface area contributed by atoms with Crippen LogP contribution in [0.15, 0.2) is 71.0 Å². The third-order valence-corrected chi connectivity index (χ3v) is 6.36. The Morgan fingerprint density at radius 3 is 2.65 bits per heavy atom. The molecule has 0 saturated carbocycles. The number of methoxy groups -OCH3 is 1. The van der Waals surface area contributed by atoms with Gasteiger partial charge in [-0.2, -0.15) is 0 Å². The number of aryl methyl sites for hydroxylation is 2. The van der Waals surface area contributed by atoms with Crippen molar-refractivity contribution in [3.8, 4) is 5.75 Å². The predicted molar refractivity (Wildman–Crippen MR) is 127 cm³/mol. The van der Waals surface area contributed by atoms with Crippen molar-refractivity contribution in [1.29, 1.82) is 0 Å². The molecule has 0 aliphatic carbocycles. The van der Waals surface area contributed by atoms with Crippen molar-refractivity contribution in [3.63, 3.8) is 0 Å². The number of carbonyl (C=O) groups excluding carboxylic acids is 2. The largest absolute Gasteiger partial charge is 0.507 e. The highest BCUT2D eigenvalue weighted by Gasteiger charge is 2.47. The molecule has 0 bridgehead atoms. The number of aliphatic hydroxyl groups is 1. The average Bonchev–Trinajstić information content (AvgIpc) is 3.55. The van der Waals surface area contributed by atoms with Gasteiger partial charge in [0.1, 0.15) is 17.3 Å². The number of H-pyrrole nitrogens is 1. The maximum absolute atomic E-state index is 13.3. The Kier molecular flexibility index (Phi) is 5.24. The number of amides is 1. The van der Waals surface area contributed by atoms with Gasteiger partial charge in [0.05, 0.1) is 31.5 Å². The third-order valence-electron chi connectivity index (χ3n) is 6.36. The Morgan fingerprint density at radius 2 is 1.91 bits per heavy atom. The molecule has 1 atom stereocenters. The second kappa shape index (κ2) is 8.26. The van der Waals surface area contributed by atoms with Crippen molar-refractivity contribution >= 4 is 28.4 Å². The summed E-state index contributed by atoms with van der Waals surface area (Å²) in [6.45, 7) is 3.79. The fourth-order valence-electron chi connectivity index (χ4n) is 4.67. The fourth-order valence-corrected chi connectivity index (χ4v) is 4.67. The predicted octanol–water partition coefficient (Wildman–Crippen LogP) is 5.01. The molecular formula is C27H24N2O5. The molecule has 172 valence electrons. The molecule has 7 heteroatoms. The Morgan fingerprint density at radius 1 is 1.12 bits per heavy atom. The Hall–Kier alpha value is -4.26. The SMILES string of the molecule is COc1cc(C)c(/C(O)=C2\C(=O)C(=O)N(Cc3ccco3)C2c2c[nH]c3ccccc23)cc1C. The second-order valence-corrected chi connectivity index (χ2v) is 8.43. The van der Waals surface area contributed by atoms with Gasteiger partial charge in [0.15, 0.2) is 0 Å². The van der Waals surface area contributed by atoms with Crippen molar-refractivity contribution < 1.29 is 23.8 Å². The summed E-state index contributed by atoms with van der Waals surface area (Å²) < 4.78 is 10.9. The van der Waals surface area contributed by atoms with Crippen molar-refractivity contribution in [1.82, 2.24) is 9.88 Å². The molecule has 0 spiro atoms. The normalized spacial score (nSPS) is 17.6. The number of aromatic amines is 1. The fraction of sp³-hybridized carbons (Fsp3) is 0.185. The van der Waals surface area contributed by atoms with Gasteiger partial charge in [-0.05, 0) is 55.3 Å². The number of para-hydroxylation sites is 1. The maximum Gasteiger partial charge on any atom is 0.296 e. The lowest BCUT2D eigenvalue weighted by molar-refractivity contribution is -0.140. The van der Waals surface area contributed by atoms with Crippen LogP contribution in [0.25, 0.3) is 16.7 Å². The molecule has 2 N–H and O–H groups in total. The number of hydrogen-bond donors (Lipinski definition) is 2. The minimum Gasteiger partial charge on any atom is -0.507 e. The van der Waals surface area contributed by atoms with E-state index in [9.17, 15) is 14.7 Å². The highest BCUT2D eigenvalue weighted by molar-refractivity contribution is 6.46. The summed E-state index contributed by atoms with van der Waals surface area (Å²) in [7, 11) is 1.58. The molecule has 1 aliphatic rings. The second-order valence-electron chi connectivity index (χ2n) is 8.43. The van der Waals surface area contributed by atoms with Crippen LogP contribution in [0.2, 0.25) is 0 Å². The molecule has 2 aromatic heterocycles. The van der Waals surface area contributed by atoms with Crippen LogP contribution in [-0.2, 0) is 16.1 Å². The number of ether oxygens (including phenoxy) is 1. The number of fused-ring (bicyclic) bond motifs is 1. The van der Waals surface area contributed by atoms with E-state index in [0.717, 1.165) is 27.6 Å². The molecule has 1 aliphatic heterocycles. The minimum atomic E-state index is -0.789. The molecule has 3 heterocycles. The molecule has 1 unspecified atom stereocenters. The highest BCUT2D eigenvalue weighted by Crippen LogP contribution is 2.43. The van der Waals surface area contributed by atoms with Gasteiger partial charge < -0.3 is 24.1 Å². The first-order valence-electron chi connectivity index (χ1n) is 10.9. The van der Waals surface area contributed by atoms with Gasteiger partial charge in [-0.1, -0.05) is 18.2 Å². The third kappa shape index (κ3) is 3.37. The molecule has 5 rings (SSSR count). The van der Waals surface area contributed by atoms with E-state index in [-0.39, 0.29) is 17.9 Å². The number of ketones is 1. The van der Waals surface area contributed by atoms with Gasteiger partial charge in [-0.15, -0.1) is 0 Å². The molecule has 2 aromatic carbocycles. The van der Waals surface area contributed by atoms with Crippen LogP contribution in [0.1, 0.15) is 34.1 Å². The summed E-state index contributed by atoms with van der Waals surface area (Å²) in [6, 6.07) is 13.9. The smallest absolute Gasteiger partial charge is 0.296 e. The lowest BCUT2D eigenvalue weighted by Gasteiger charge is -2.24. The number of likely N-dealkylation sites (tertiary alicyclic amines) is 1. The standard InChI is InChI=1S/C27H24N2O5/c1-15-12-22(33-3)16(2)11-19(15)25(30)23-24(20-13-28-21-9-5-4-8-18(20)21)29(27(32)26(23)31)14-17-7-6-10-34-17/h4-13,24,28,30H,14H2,1-3H3/b25-23+. The summed E-state index contributed by atoms with van der Waals surface area (Å²) >= 11 is 0. The zero-order valence-corrected chi connectivity index (χ0v) is 19.1. The highest BCUT2D eigenvalue weighted by atomic mass is 16.5. The Labute approximate surface area is 196 Å². The number of Topliss-reactive ketones (excluding diaryl/α,β-unsaturated/α-hetero) is 1. The average molecular weight is 456 g/mol. The Bertz CT molecular complexity index is 1450. The van der Waals surface area contributed by atoms with E-state index in [1.165, 1.54) is 11.2 Å². The summed E-state index contributed by atoms with van der Waals surface area (Å²) in [5.74, 6) is -0.397. The van der Waals surface area contributed by atoms with Gasteiger partial charge in [0, 0.05) is 28.2 Å². The van der Waals surface area contributed by atoms with Gasteiger partial charge >= 0.3 is 0 Å². The van der Waals surface area contributed by atoms with Crippen LogP contribution < -0.4 is 4.74 Å². The molecule has 1 saturated heterocycles. The van der Waals surface area contributed by atoms with Crippen LogP contribution >= 0.6 is 0 Å². The number of nitrogens with one attached hydrogen (secondary N) is 1. The first-order valence-corrected chi connectivity index (χ1v) is 10.9. The van der Waals surface area contributed by atoms with Crippen LogP contribution in [0, 0.1) is 13.8 Å². The van der Waals surface area contributed by atoms with Crippen molar-refractivity contribution in [2.75, 3.05) is 7.11 Å². The molecule has 34 heavy (non-hydrogen) atoms. The minimum absolute atomic E-state index is 0.0500. The summed E-state index contributed by atoms with van der Waals surface area (Å²) in [5.41, 5.74) is 3.68. The number of aromatic nitrogens is 1. The van der Waals surface area contributed by atoms with Crippen molar-refractivity contribution in [2.24, 2.45) is 0 Å². The van der Waals surface area contributed by atoms with Gasteiger partial charge in [-0.3, -0.25) is 9.59 Å². The molecule has 1 amide bonds. The number of rotatable bonds is 5. The first-order chi connectivity index (χ1) is 16.4. The van der Waals surface area contributed by atoms with E-state index < -0.39 is 17.7 Å². The number of benzene rings is 2. The van der Waals surface area contributed by atoms with E-state index in [1.54, 1.807) is 31.5 Å². The topological polar surface area (TPSA) is 95.8 Å². The van der Waals surface area contributed by atoms with Gasteiger partial charge in [-0.25, -0.2) is 0 Å². The quantitative estimate of drug-likeness (QED) is 0.250. The monoisotopic (exact) mass is 456 g/mol. The number of nitrogens with zero attached hydrogens (tertiary/aromatic N) is 1. The number of aliphatic hydroxyl groups excluding tert-OH is 1. The molecule has 1 fully saturated rings. The summed E-state index contributed by atoms with van der Waals surface area (Å²) in [6.07, 6.45) is 3.31. The van der Waals surface area contributed by atoms with Crippen LogP contribution in [-0.4, -0.2) is 33.8 Å². The number of hydrogen-bond acceptors (Lipinski definition) is 5. The van der Waals surface area contributed by atoms with Crippen LogP contribution in [0.4, 0.5) is 0 Å². The van der Waals surface area contributed by atoms with E-state index in [4.69, 9.17) is 9.15 Å². The summed E-state index contributed by atoms with van der Waals surface area (Å²) in [4.78, 5) is 31.2. The maximum atomic E-state index is 13.3. The first kappa shape index (κ1) is 21.6. The van der Waals surface area contributed by atoms with Gasteiger partial charge in [0.2, 0.25) is 0 Å². The lowest BCUT2D eigenvalue weighted by Crippen LogP contribution is -2.29. The molecule has 4 aromatic rings. The molecule has 7 nitrogen and oxygen atoms in total. The zero-order valence-electron chi connectivity index (χ0n) is 19.1. The van der Waals surface area contributed by atoms with E-state index in [2.05, 4.69) is 4.98 Å². The zero-order chi connectivity index (χ0) is 24.0. The number of furan rings is 1. The van der Waals surface area contributed by atoms with Crippen LogP contribution in [0.5, 0.6) is 5.75 Å². The van der Waals surface area contributed by atoms with Crippen molar-refractivity contribution in [3.05, 3.63) is 94.6 Å².